The summed E-state index contributed by atoms with van der Waals surface area (Å²) in [5, 5.41) is 19.2. The number of H-pyrrole nitrogens is 1. The highest BCUT2D eigenvalue weighted by molar-refractivity contribution is 7.17. The lowest BCUT2D eigenvalue weighted by Crippen LogP contribution is -2.15. The van der Waals surface area contributed by atoms with Gasteiger partial charge in [0.2, 0.25) is 5.82 Å². The maximum atomic E-state index is 12.1. The summed E-state index contributed by atoms with van der Waals surface area (Å²) in [7, 11) is 0. The number of anilines is 1. The Balaban J connectivity index is 1.62. The van der Waals surface area contributed by atoms with Crippen LogP contribution in [0.15, 0.2) is 45.0 Å². The van der Waals surface area contributed by atoms with Crippen molar-refractivity contribution in [1.82, 2.24) is 10.1 Å². The number of amides is 1. The molecule has 0 fully saturated rings. The maximum absolute atomic E-state index is 12.1. The Hall–Kier alpha value is -2.81. The second-order valence-corrected chi connectivity index (χ2v) is 7.63. The highest BCUT2D eigenvalue weighted by Gasteiger charge is 2.16. The first kappa shape index (κ1) is 18.5. The predicted octanol–water partition coefficient (Wildman–Crippen LogP) is 4.43. The van der Waals surface area contributed by atoms with Crippen LogP contribution in [0.3, 0.4) is 0 Å². The summed E-state index contributed by atoms with van der Waals surface area (Å²) in [4.78, 5) is 25.2. The summed E-state index contributed by atoms with van der Waals surface area (Å²) < 4.78 is 5.26. The van der Waals surface area contributed by atoms with Crippen LogP contribution in [0.25, 0.3) is 10.1 Å². The van der Waals surface area contributed by atoms with Crippen LogP contribution in [0.2, 0.25) is 10.0 Å². The van der Waals surface area contributed by atoms with Crippen LogP contribution in [0.5, 0.6) is 5.75 Å². The molecule has 7 nitrogen and oxygen atoms in total. The molecular weight excluding hydrogens is 425 g/mol. The van der Waals surface area contributed by atoms with Crippen molar-refractivity contribution in [2.45, 2.75) is 6.42 Å². The van der Waals surface area contributed by atoms with E-state index in [1.807, 2.05) is 17.5 Å². The molecule has 28 heavy (non-hydrogen) atoms. The quantitative estimate of drug-likeness (QED) is 0.439. The molecule has 0 aliphatic carbocycles. The van der Waals surface area contributed by atoms with E-state index in [1.54, 1.807) is 18.2 Å². The minimum absolute atomic E-state index is 0.223. The number of halogens is 2. The summed E-state index contributed by atoms with van der Waals surface area (Å²) in [6, 6.07) is 8.45. The number of aromatic nitrogens is 2. The molecule has 1 amide bonds. The molecular formula is C18H11Cl2N3O4S. The Morgan fingerprint density at radius 2 is 2.00 bits per heavy atom. The van der Waals surface area contributed by atoms with Gasteiger partial charge in [-0.25, -0.2) is 4.79 Å². The average molecular weight is 436 g/mol. The number of carbonyl (C=O) groups excluding carboxylic acids is 1. The predicted molar refractivity (Wildman–Crippen MR) is 108 cm³/mol. The van der Waals surface area contributed by atoms with Crippen molar-refractivity contribution in [2.24, 2.45) is 0 Å². The minimum atomic E-state index is -0.828. The Labute approximate surface area is 171 Å². The van der Waals surface area contributed by atoms with E-state index in [4.69, 9.17) is 23.2 Å². The van der Waals surface area contributed by atoms with Crippen LogP contribution in [0.1, 0.15) is 21.7 Å². The number of hydrogen-bond donors (Lipinski definition) is 3. The molecule has 4 aromatic rings. The van der Waals surface area contributed by atoms with E-state index >= 15 is 0 Å². The Bertz CT molecular complexity index is 1240. The van der Waals surface area contributed by atoms with E-state index in [0.717, 1.165) is 15.6 Å². The molecule has 4 rings (SSSR count). The van der Waals surface area contributed by atoms with Gasteiger partial charge < -0.3 is 10.4 Å². The zero-order valence-electron chi connectivity index (χ0n) is 14.0. The van der Waals surface area contributed by atoms with E-state index in [1.165, 1.54) is 11.3 Å². The third-order valence-electron chi connectivity index (χ3n) is 4.10. The molecule has 0 unspecified atom stereocenters. The number of nitrogens with zero attached hydrogens (tertiary/aromatic N) is 1. The first-order chi connectivity index (χ1) is 13.4. The molecule has 0 radical (unpaired) electrons. The first-order valence-corrected chi connectivity index (χ1v) is 9.59. The Morgan fingerprint density at radius 1 is 1.25 bits per heavy atom. The molecule has 3 N–H and O–H groups in total. The van der Waals surface area contributed by atoms with Crippen molar-refractivity contribution in [3.8, 4) is 5.75 Å². The van der Waals surface area contributed by atoms with E-state index in [2.05, 4.69) is 20.0 Å². The fraction of sp³-hybridized carbons (Fsp3) is 0.0556. The number of benzene rings is 2. The fourth-order valence-electron chi connectivity index (χ4n) is 2.80. The number of carbonyl (C=O) groups is 1. The van der Waals surface area contributed by atoms with E-state index in [9.17, 15) is 14.7 Å². The van der Waals surface area contributed by atoms with Gasteiger partial charge in [-0.1, -0.05) is 29.3 Å². The van der Waals surface area contributed by atoms with Crippen LogP contribution < -0.4 is 11.1 Å². The van der Waals surface area contributed by atoms with Gasteiger partial charge in [0.15, 0.2) is 0 Å². The molecule has 0 saturated carbocycles. The van der Waals surface area contributed by atoms with Gasteiger partial charge in [-0.15, -0.1) is 11.3 Å². The van der Waals surface area contributed by atoms with Crippen molar-refractivity contribution in [2.75, 3.05) is 5.32 Å². The molecule has 2 aromatic carbocycles. The van der Waals surface area contributed by atoms with Gasteiger partial charge in [0.25, 0.3) is 5.91 Å². The number of fused-ring (bicyclic) bond motifs is 1. The number of aromatic amines is 1. The minimum Gasteiger partial charge on any atom is -0.507 e. The van der Waals surface area contributed by atoms with Crippen LogP contribution in [-0.2, 0) is 6.42 Å². The standard InChI is InChI=1S/C18H11Cl2N3O4S/c19-12-6-9(21-17(25)16-22-18(26)27-23-16)7-13(20)11(12)5-8-1-2-14(24)10-3-4-28-15(8)10/h1-4,6-7,24H,5H2,(H,21,25)(H,22,23,26). The highest BCUT2D eigenvalue weighted by Crippen LogP contribution is 2.36. The lowest BCUT2D eigenvalue weighted by Gasteiger charge is -2.12. The van der Waals surface area contributed by atoms with Crippen molar-refractivity contribution < 1.29 is 14.4 Å². The van der Waals surface area contributed by atoms with E-state index < -0.39 is 11.7 Å². The van der Waals surface area contributed by atoms with Gasteiger partial charge >= 0.3 is 5.76 Å². The topological polar surface area (TPSA) is 108 Å². The Morgan fingerprint density at radius 3 is 2.68 bits per heavy atom. The number of thiophene rings is 1. The molecule has 0 aliphatic heterocycles. The second kappa shape index (κ2) is 7.31. The van der Waals surface area contributed by atoms with Crippen molar-refractivity contribution in [3.63, 3.8) is 0 Å². The third-order valence-corrected chi connectivity index (χ3v) is 5.76. The number of nitrogens with one attached hydrogen (secondary N) is 2. The lowest BCUT2D eigenvalue weighted by molar-refractivity contribution is 0.101. The summed E-state index contributed by atoms with van der Waals surface area (Å²) >= 11 is 14.3. The van der Waals surface area contributed by atoms with Crippen molar-refractivity contribution in [1.29, 1.82) is 0 Å². The van der Waals surface area contributed by atoms with Gasteiger partial charge in [0, 0.05) is 32.2 Å². The van der Waals surface area contributed by atoms with E-state index in [-0.39, 0.29) is 11.6 Å². The molecule has 0 saturated heterocycles. The molecule has 0 atom stereocenters. The summed E-state index contributed by atoms with van der Waals surface area (Å²) in [5.74, 6) is -1.53. The van der Waals surface area contributed by atoms with Gasteiger partial charge in [0.05, 0.1) is 0 Å². The highest BCUT2D eigenvalue weighted by atomic mass is 35.5. The molecule has 0 bridgehead atoms. The van der Waals surface area contributed by atoms with E-state index in [0.29, 0.717) is 27.7 Å². The largest absolute Gasteiger partial charge is 0.507 e. The molecule has 2 heterocycles. The number of phenols is 1. The number of rotatable bonds is 4. The van der Waals surface area contributed by atoms with Crippen molar-refractivity contribution >= 4 is 56.2 Å². The first-order valence-electron chi connectivity index (χ1n) is 7.95. The maximum Gasteiger partial charge on any atom is 0.439 e. The number of aromatic hydroxyl groups is 1. The zero-order valence-corrected chi connectivity index (χ0v) is 16.3. The summed E-state index contributed by atoms with van der Waals surface area (Å²) in [5.41, 5.74) is 2.01. The zero-order chi connectivity index (χ0) is 19.8. The van der Waals surface area contributed by atoms with Crippen molar-refractivity contribution in [3.05, 3.63) is 73.3 Å². The SMILES string of the molecule is O=C(Nc1cc(Cl)c(Cc2ccc(O)c3ccsc23)c(Cl)c1)c1noc(=O)[nH]1. The third kappa shape index (κ3) is 3.49. The van der Waals surface area contributed by atoms with Gasteiger partial charge in [-0.05, 0) is 45.9 Å². The number of phenolic OH excluding ortho intramolecular Hbond substituents is 1. The Kier molecular flexibility index (Phi) is 4.84. The molecule has 0 spiro atoms. The van der Waals surface area contributed by atoms with Crippen LogP contribution in [0.4, 0.5) is 5.69 Å². The summed E-state index contributed by atoms with van der Waals surface area (Å²) in [6.45, 7) is 0. The fourth-order valence-corrected chi connectivity index (χ4v) is 4.35. The smallest absolute Gasteiger partial charge is 0.439 e. The van der Waals surface area contributed by atoms with Crippen LogP contribution in [-0.4, -0.2) is 21.2 Å². The molecule has 142 valence electrons. The monoisotopic (exact) mass is 435 g/mol. The molecule has 0 aliphatic rings. The summed E-state index contributed by atoms with van der Waals surface area (Å²) in [6.07, 6.45) is 0.458. The normalized spacial score (nSPS) is 11.1. The number of hydrogen-bond acceptors (Lipinski definition) is 6. The average Bonchev–Trinajstić information content (AvgIpc) is 3.29. The second-order valence-electron chi connectivity index (χ2n) is 5.90. The molecule has 2 aromatic heterocycles. The lowest BCUT2D eigenvalue weighted by atomic mass is 10.0. The van der Waals surface area contributed by atoms with Crippen LogP contribution in [0, 0.1) is 0 Å². The van der Waals surface area contributed by atoms with Gasteiger partial charge in [0.1, 0.15) is 5.75 Å². The van der Waals surface area contributed by atoms with Gasteiger partial charge in [-0.3, -0.25) is 14.3 Å². The molecule has 10 heteroatoms. The van der Waals surface area contributed by atoms with Crippen LogP contribution >= 0.6 is 34.5 Å². The van der Waals surface area contributed by atoms with Gasteiger partial charge in [-0.2, -0.15) is 0 Å².